The lowest BCUT2D eigenvalue weighted by molar-refractivity contribution is 0.0500. The third kappa shape index (κ3) is 4.04. The SMILES string of the molecule is Cc1nnc(-c2ccc(C(=O)OCCCc3ccncc3)cc2)o1. The van der Waals surface area contributed by atoms with Gasteiger partial charge >= 0.3 is 5.97 Å². The average molecular weight is 323 g/mol. The summed E-state index contributed by atoms with van der Waals surface area (Å²) in [5.74, 6) is 0.602. The van der Waals surface area contributed by atoms with Crippen LogP contribution in [-0.2, 0) is 11.2 Å². The van der Waals surface area contributed by atoms with E-state index in [2.05, 4.69) is 15.2 Å². The standard InChI is InChI=1S/C18H17N3O3/c1-13-20-21-17(24-13)15-4-6-16(7-5-15)18(22)23-12-2-3-14-8-10-19-11-9-14/h4-11H,2-3,12H2,1H3. The number of pyridine rings is 1. The maximum atomic E-state index is 12.0. The quantitative estimate of drug-likeness (QED) is 0.512. The summed E-state index contributed by atoms with van der Waals surface area (Å²) in [5, 5.41) is 7.73. The summed E-state index contributed by atoms with van der Waals surface area (Å²) in [6.45, 7) is 2.11. The second-order valence-corrected chi connectivity index (χ2v) is 5.30. The Hall–Kier alpha value is -3.02. The lowest BCUT2D eigenvalue weighted by Gasteiger charge is -2.05. The molecule has 0 aliphatic carbocycles. The molecule has 6 heteroatoms. The highest BCUT2D eigenvalue weighted by atomic mass is 16.5. The molecule has 0 saturated carbocycles. The number of hydrogen-bond donors (Lipinski definition) is 0. The van der Waals surface area contributed by atoms with Crippen molar-refractivity contribution < 1.29 is 13.9 Å². The molecular weight excluding hydrogens is 306 g/mol. The lowest BCUT2D eigenvalue weighted by Crippen LogP contribution is -2.07. The molecule has 0 N–H and O–H groups in total. The minimum absolute atomic E-state index is 0.335. The number of carbonyl (C=O) groups is 1. The number of nitrogens with zero attached hydrogens (tertiary/aromatic N) is 3. The molecule has 0 bridgehead atoms. The topological polar surface area (TPSA) is 78.1 Å². The number of esters is 1. The van der Waals surface area contributed by atoms with Crippen molar-refractivity contribution in [3.63, 3.8) is 0 Å². The van der Waals surface area contributed by atoms with Crippen LogP contribution in [0.25, 0.3) is 11.5 Å². The summed E-state index contributed by atoms with van der Waals surface area (Å²) in [6, 6.07) is 10.8. The first-order valence-electron chi connectivity index (χ1n) is 7.69. The van der Waals surface area contributed by atoms with Crippen LogP contribution in [0.1, 0.15) is 28.2 Å². The molecule has 6 nitrogen and oxygen atoms in total. The third-order valence-corrected chi connectivity index (χ3v) is 3.49. The van der Waals surface area contributed by atoms with Gasteiger partial charge in [-0.2, -0.15) is 0 Å². The van der Waals surface area contributed by atoms with Crippen LogP contribution in [0.3, 0.4) is 0 Å². The van der Waals surface area contributed by atoms with Gasteiger partial charge in [0.2, 0.25) is 11.8 Å². The van der Waals surface area contributed by atoms with Crippen molar-refractivity contribution in [2.45, 2.75) is 19.8 Å². The zero-order chi connectivity index (χ0) is 16.8. The van der Waals surface area contributed by atoms with Gasteiger partial charge in [-0.25, -0.2) is 4.79 Å². The van der Waals surface area contributed by atoms with Crippen LogP contribution in [0.2, 0.25) is 0 Å². The summed E-state index contributed by atoms with van der Waals surface area (Å²) in [4.78, 5) is 16.0. The Morgan fingerprint density at radius 3 is 2.50 bits per heavy atom. The first kappa shape index (κ1) is 15.9. The van der Waals surface area contributed by atoms with Gasteiger partial charge in [-0.15, -0.1) is 10.2 Å². The van der Waals surface area contributed by atoms with E-state index in [1.165, 1.54) is 5.56 Å². The number of hydrogen-bond acceptors (Lipinski definition) is 6. The van der Waals surface area contributed by atoms with Gasteiger partial charge in [-0.05, 0) is 54.8 Å². The van der Waals surface area contributed by atoms with Gasteiger partial charge in [-0.3, -0.25) is 4.98 Å². The largest absolute Gasteiger partial charge is 0.462 e. The molecule has 3 rings (SSSR count). The van der Waals surface area contributed by atoms with Crippen molar-refractivity contribution in [2.24, 2.45) is 0 Å². The van der Waals surface area contributed by atoms with Crippen molar-refractivity contribution in [1.29, 1.82) is 0 Å². The minimum atomic E-state index is -0.335. The maximum Gasteiger partial charge on any atom is 0.338 e. The molecule has 0 aliphatic heterocycles. The number of aromatic nitrogens is 3. The fraction of sp³-hybridized carbons (Fsp3) is 0.222. The molecule has 122 valence electrons. The number of ether oxygens (including phenoxy) is 1. The predicted molar refractivity (Wildman–Crippen MR) is 87.3 cm³/mol. The second kappa shape index (κ2) is 7.50. The molecule has 0 atom stereocenters. The van der Waals surface area contributed by atoms with E-state index in [1.54, 1.807) is 43.6 Å². The number of benzene rings is 1. The molecule has 2 aromatic heterocycles. The minimum Gasteiger partial charge on any atom is -0.462 e. The van der Waals surface area contributed by atoms with Crippen molar-refractivity contribution in [3.8, 4) is 11.5 Å². The van der Waals surface area contributed by atoms with Gasteiger partial charge in [0.25, 0.3) is 0 Å². The number of aryl methyl sites for hydroxylation is 2. The van der Waals surface area contributed by atoms with Crippen molar-refractivity contribution in [2.75, 3.05) is 6.61 Å². The van der Waals surface area contributed by atoms with Gasteiger partial charge in [-0.1, -0.05) is 0 Å². The zero-order valence-electron chi connectivity index (χ0n) is 13.3. The molecule has 0 unspecified atom stereocenters. The fourth-order valence-electron chi connectivity index (χ4n) is 2.24. The maximum absolute atomic E-state index is 12.0. The van der Waals surface area contributed by atoms with Crippen LogP contribution in [0.5, 0.6) is 0 Å². The van der Waals surface area contributed by atoms with E-state index < -0.39 is 0 Å². The van der Waals surface area contributed by atoms with Crippen molar-refractivity contribution >= 4 is 5.97 Å². The van der Waals surface area contributed by atoms with E-state index in [4.69, 9.17) is 9.15 Å². The van der Waals surface area contributed by atoms with Crippen LogP contribution in [0.15, 0.2) is 53.2 Å². The molecule has 0 amide bonds. The monoisotopic (exact) mass is 323 g/mol. The van der Waals surface area contributed by atoms with Crippen LogP contribution < -0.4 is 0 Å². The van der Waals surface area contributed by atoms with Gasteiger partial charge in [0.1, 0.15) is 0 Å². The van der Waals surface area contributed by atoms with E-state index in [0.29, 0.717) is 24.0 Å². The molecule has 3 aromatic rings. The first-order chi connectivity index (χ1) is 11.7. The molecule has 1 aromatic carbocycles. The predicted octanol–water partition coefficient (Wildman–Crippen LogP) is 3.23. The molecular formula is C18H17N3O3. The van der Waals surface area contributed by atoms with E-state index in [1.807, 2.05) is 12.1 Å². The Morgan fingerprint density at radius 2 is 1.83 bits per heavy atom. The molecule has 0 radical (unpaired) electrons. The Labute approximate surface area is 139 Å². The van der Waals surface area contributed by atoms with Gasteiger partial charge in [0.05, 0.1) is 12.2 Å². The summed E-state index contributed by atoms with van der Waals surface area (Å²) < 4.78 is 10.6. The normalized spacial score (nSPS) is 10.5. The fourth-order valence-corrected chi connectivity index (χ4v) is 2.24. The number of rotatable bonds is 6. The highest BCUT2D eigenvalue weighted by Crippen LogP contribution is 2.18. The molecule has 24 heavy (non-hydrogen) atoms. The Bertz CT molecular complexity index is 798. The highest BCUT2D eigenvalue weighted by molar-refractivity contribution is 5.89. The highest BCUT2D eigenvalue weighted by Gasteiger charge is 2.10. The molecule has 0 aliphatic rings. The Kier molecular flexibility index (Phi) is 4.96. The van der Waals surface area contributed by atoms with Crippen LogP contribution in [0.4, 0.5) is 0 Å². The first-order valence-corrected chi connectivity index (χ1v) is 7.69. The second-order valence-electron chi connectivity index (χ2n) is 5.30. The Balaban J connectivity index is 1.50. The van der Waals surface area contributed by atoms with Gasteiger partial charge in [0, 0.05) is 24.9 Å². The summed E-state index contributed by atoms with van der Waals surface area (Å²) in [7, 11) is 0. The van der Waals surface area contributed by atoms with Crippen LogP contribution in [-0.4, -0.2) is 27.8 Å². The number of carbonyl (C=O) groups excluding carboxylic acids is 1. The summed E-state index contributed by atoms with van der Waals surface area (Å²) in [6.07, 6.45) is 5.14. The van der Waals surface area contributed by atoms with E-state index in [9.17, 15) is 4.79 Å². The third-order valence-electron chi connectivity index (χ3n) is 3.49. The molecule has 2 heterocycles. The smallest absolute Gasteiger partial charge is 0.338 e. The van der Waals surface area contributed by atoms with Crippen LogP contribution >= 0.6 is 0 Å². The van der Waals surface area contributed by atoms with Gasteiger partial charge in [0.15, 0.2) is 0 Å². The van der Waals surface area contributed by atoms with E-state index in [-0.39, 0.29) is 5.97 Å². The van der Waals surface area contributed by atoms with E-state index in [0.717, 1.165) is 18.4 Å². The molecule has 0 spiro atoms. The van der Waals surface area contributed by atoms with E-state index >= 15 is 0 Å². The average Bonchev–Trinajstić information content (AvgIpc) is 3.06. The lowest BCUT2D eigenvalue weighted by atomic mass is 10.1. The molecule has 0 fully saturated rings. The van der Waals surface area contributed by atoms with Crippen molar-refractivity contribution in [1.82, 2.24) is 15.2 Å². The molecule has 0 saturated heterocycles. The van der Waals surface area contributed by atoms with Gasteiger partial charge < -0.3 is 9.15 Å². The van der Waals surface area contributed by atoms with Crippen LogP contribution in [0, 0.1) is 6.92 Å². The summed E-state index contributed by atoms with van der Waals surface area (Å²) in [5.41, 5.74) is 2.45. The Morgan fingerprint density at radius 1 is 1.08 bits per heavy atom. The zero-order valence-corrected chi connectivity index (χ0v) is 13.3. The summed E-state index contributed by atoms with van der Waals surface area (Å²) >= 11 is 0. The van der Waals surface area contributed by atoms with Crippen molar-refractivity contribution in [3.05, 3.63) is 65.8 Å².